The van der Waals surface area contributed by atoms with Gasteiger partial charge < -0.3 is 14.7 Å². The standard InChI is InChI=1S/C13H20N4O3/c1-3-10-11(4-2)15-16-13(14-10)17-5-6-20-8-9(17)7-12(18)19/h9H,3-8H2,1-2H3,(H,18,19). The third-order valence-corrected chi connectivity index (χ3v) is 3.39. The van der Waals surface area contributed by atoms with Crippen LogP contribution in [-0.2, 0) is 22.4 Å². The Balaban J connectivity index is 2.25. The van der Waals surface area contributed by atoms with E-state index in [9.17, 15) is 4.79 Å². The van der Waals surface area contributed by atoms with Crippen LogP contribution in [0.3, 0.4) is 0 Å². The van der Waals surface area contributed by atoms with Crippen LogP contribution in [-0.4, -0.2) is 52.1 Å². The topological polar surface area (TPSA) is 88.4 Å². The van der Waals surface area contributed by atoms with Crippen molar-refractivity contribution in [3.63, 3.8) is 0 Å². The van der Waals surface area contributed by atoms with E-state index in [2.05, 4.69) is 15.2 Å². The number of carbonyl (C=O) groups is 1. The van der Waals surface area contributed by atoms with E-state index in [0.717, 1.165) is 24.2 Å². The molecule has 0 spiro atoms. The van der Waals surface area contributed by atoms with Crippen LogP contribution in [0.4, 0.5) is 5.95 Å². The highest BCUT2D eigenvalue weighted by Crippen LogP contribution is 2.18. The van der Waals surface area contributed by atoms with Gasteiger partial charge in [-0.1, -0.05) is 13.8 Å². The van der Waals surface area contributed by atoms with Gasteiger partial charge in [-0.2, -0.15) is 5.10 Å². The summed E-state index contributed by atoms with van der Waals surface area (Å²) in [4.78, 5) is 17.4. The van der Waals surface area contributed by atoms with Crippen LogP contribution >= 0.6 is 0 Å². The van der Waals surface area contributed by atoms with Crippen molar-refractivity contribution in [3.8, 4) is 0 Å². The number of hydrogen-bond acceptors (Lipinski definition) is 6. The summed E-state index contributed by atoms with van der Waals surface area (Å²) in [5.41, 5.74) is 1.83. The maximum atomic E-state index is 10.9. The Morgan fingerprint density at radius 3 is 2.75 bits per heavy atom. The fourth-order valence-electron chi connectivity index (χ4n) is 2.34. The molecule has 1 aliphatic heterocycles. The monoisotopic (exact) mass is 280 g/mol. The Morgan fingerprint density at radius 1 is 1.35 bits per heavy atom. The first-order valence-electron chi connectivity index (χ1n) is 6.94. The highest BCUT2D eigenvalue weighted by Gasteiger charge is 2.28. The van der Waals surface area contributed by atoms with Crippen molar-refractivity contribution in [2.45, 2.75) is 39.2 Å². The Hall–Kier alpha value is -1.76. The van der Waals surface area contributed by atoms with Gasteiger partial charge in [0.25, 0.3) is 0 Å². The van der Waals surface area contributed by atoms with Crippen LogP contribution in [0.2, 0.25) is 0 Å². The molecular formula is C13H20N4O3. The molecule has 7 nitrogen and oxygen atoms in total. The van der Waals surface area contributed by atoms with Gasteiger partial charge in [-0.25, -0.2) is 4.98 Å². The summed E-state index contributed by atoms with van der Waals surface area (Å²) in [5, 5.41) is 17.3. The molecule has 1 atom stereocenters. The molecule has 2 rings (SSSR count). The van der Waals surface area contributed by atoms with E-state index in [4.69, 9.17) is 9.84 Å². The number of aromatic nitrogens is 3. The van der Waals surface area contributed by atoms with Crippen LogP contribution in [0, 0.1) is 0 Å². The number of hydrogen-bond donors (Lipinski definition) is 1. The molecule has 0 aromatic carbocycles. The quantitative estimate of drug-likeness (QED) is 0.848. The lowest BCUT2D eigenvalue weighted by Crippen LogP contribution is -2.47. The zero-order chi connectivity index (χ0) is 14.5. The minimum atomic E-state index is -0.848. The minimum Gasteiger partial charge on any atom is -0.481 e. The maximum absolute atomic E-state index is 10.9. The maximum Gasteiger partial charge on any atom is 0.305 e. The smallest absolute Gasteiger partial charge is 0.305 e. The second-order valence-corrected chi connectivity index (χ2v) is 4.73. The fourth-order valence-corrected chi connectivity index (χ4v) is 2.34. The van der Waals surface area contributed by atoms with Gasteiger partial charge in [-0.15, -0.1) is 5.10 Å². The third-order valence-electron chi connectivity index (χ3n) is 3.39. The normalized spacial score (nSPS) is 19.1. The van der Waals surface area contributed by atoms with Crippen molar-refractivity contribution in [3.05, 3.63) is 11.4 Å². The molecule has 1 saturated heterocycles. The molecule has 1 aromatic heterocycles. The van der Waals surface area contributed by atoms with Crippen LogP contribution < -0.4 is 4.90 Å². The van der Waals surface area contributed by atoms with Crippen molar-refractivity contribution < 1.29 is 14.6 Å². The van der Waals surface area contributed by atoms with Crippen LogP contribution in [0.25, 0.3) is 0 Å². The summed E-state index contributed by atoms with van der Waals surface area (Å²) in [6.07, 6.45) is 1.60. The van der Waals surface area contributed by atoms with Gasteiger partial charge in [0.1, 0.15) is 0 Å². The van der Waals surface area contributed by atoms with Crippen LogP contribution in [0.1, 0.15) is 31.7 Å². The number of nitrogens with zero attached hydrogens (tertiary/aromatic N) is 4. The summed E-state index contributed by atoms with van der Waals surface area (Å²) in [6.45, 7) is 5.57. The second kappa shape index (κ2) is 6.60. The predicted octanol–water partition coefficient (Wildman–Crippen LogP) is 0.676. The number of carboxylic acid groups (broad SMARTS) is 1. The molecule has 110 valence electrons. The first kappa shape index (κ1) is 14.6. The van der Waals surface area contributed by atoms with E-state index < -0.39 is 5.97 Å². The molecule has 20 heavy (non-hydrogen) atoms. The van der Waals surface area contributed by atoms with Gasteiger partial charge >= 0.3 is 5.97 Å². The van der Waals surface area contributed by atoms with Crippen molar-refractivity contribution in [2.75, 3.05) is 24.7 Å². The van der Waals surface area contributed by atoms with Gasteiger partial charge in [-0.05, 0) is 12.8 Å². The van der Waals surface area contributed by atoms with Gasteiger partial charge in [0.2, 0.25) is 5.95 Å². The molecule has 1 unspecified atom stereocenters. The molecular weight excluding hydrogens is 260 g/mol. The average molecular weight is 280 g/mol. The number of carboxylic acids is 1. The number of anilines is 1. The lowest BCUT2D eigenvalue weighted by atomic mass is 10.1. The Kier molecular flexibility index (Phi) is 4.84. The predicted molar refractivity (Wildman–Crippen MR) is 72.8 cm³/mol. The number of aliphatic carboxylic acids is 1. The zero-order valence-electron chi connectivity index (χ0n) is 11.9. The summed E-state index contributed by atoms with van der Waals surface area (Å²) in [7, 11) is 0. The Labute approximate surface area is 118 Å². The fraction of sp³-hybridized carbons (Fsp3) is 0.692. The highest BCUT2D eigenvalue weighted by atomic mass is 16.5. The Morgan fingerprint density at radius 2 is 2.10 bits per heavy atom. The van der Waals surface area contributed by atoms with Crippen molar-refractivity contribution >= 4 is 11.9 Å². The van der Waals surface area contributed by atoms with Crippen molar-refractivity contribution in [1.82, 2.24) is 15.2 Å². The molecule has 1 aromatic rings. The van der Waals surface area contributed by atoms with Crippen LogP contribution in [0.5, 0.6) is 0 Å². The molecule has 0 bridgehead atoms. The van der Waals surface area contributed by atoms with E-state index in [1.165, 1.54) is 0 Å². The summed E-state index contributed by atoms with van der Waals surface area (Å²) in [5.74, 6) is -0.340. The van der Waals surface area contributed by atoms with Gasteiger partial charge in [0, 0.05) is 6.54 Å². The first-order chi connectivity index (χ1) is 9.65. The van der Waals surface area contributed by atoms with Crippen molar-refractivity contribution in [1.29, 1.82) is 0 Å². The molecule has 1 fully saturated rings. The molecule has 0 saturated carbocycles. The molecule has 2 heterocycles. The van der Waals surface area contributed by atoms with Crippen LogP contribution in [0.15, 0.2) is 0 Å². The first-order valence-corrected chi connectivity index (χ1v) is 6.94. The molecule has 7 heteroatoms. The Bertz CT molecular complexity index is 481. The lowest BCUT2D eigenvalue weighted by molar-refractivity contribution is -0.138. The van der Waals surface area contributed by atoms with E-state index in [0.29, 0.717) is 25.7 Å². The minimum absolute atomic E-state index is 0.0142. The number of morpholine rings is 1. The SMILES string of the molecule is CCc1nnc(N2CCOCC2CC(=O)O)nc1CC. The van der Waals surface area contributed by atoms with Gasteiger partial charge in [0.15, 0.2) is 0 Å². The zero-order valence-corrected chi connectivity index (χ0v) is 11.9. The summed E-state index contributed by atoms with van der Waals surface area (Å²) < 4.78 is 5.36. The van der Waals surface area contributed by atoms with E-state index in [1.54, 1.807) is 0 Å². The molecule has 1 N–H and O–H groups in total. The summed E-state index contributed by atoms with van der Waals surface area (Å²) >= 11 is 0. The second-order valence-electron chi connectivity index (χ2n) is 4.73. The molecule has 0 aliphatic carbocycles. The molecule has 0 radical (unpaired) electrons. The van der Waals surface area contributed by atoms with E-state index in [-0.39, 0.29) is 12.5 Å². The van der Waals surface area contributed by atoms with Gasteiger partial charge in [0.05, 0.1) is 37.1 Å². The summed E-state index contributed by atoms with van der Waals surface area (Å²) in [6, 6.07) is -0.236. The molecule has 0 amide bonds. The largest absolute Gasteiger partial charge is 0.481 e. The number of ether oxygens (including phenoxy) is 1. The third kappa shape index (κ3) is 3.22. The van der Waals surface area contributed by atoms with Gasteiger partial charge in [-0.3, -0.25) is 4.79 Å². The van der Waals surface area contributed by atoms with E-state index in [1.807, 2.05) is 18.7 Å². The van der Waals surface area contributed by atoms with E-state index >= 15 is 0 Å². The van der Waals surface area contributed by atoms with Crippen molar-refractivity contribution in [2.24, 2.45) is 0 Å². The number of aryl methyl sites for hydroxylation is 2. The number of rotatable bonds is 5. The molecule has 1 aliphatic rings. The average Bonchev–Trinajstić information content (AvgIpc) is 2.46. The highest BCUT2D eigenvalue weighted by molar-refractivity contribution is 5.68. The lowest BCUT2D eigenvalue weighted by Gasteiger charge is -2.34.